The number of benzene rings is 1. The van der Waals surface area contributed by atoms with Crippen LogP contribution in [0.25, 0.3) is 10.9 Å². The Morgan fingerprint density at radius 3 is 2.93 bits per heavy atom. The lowest BCUT2D eigenvalue weighted by atomic mass is 10.2. The van der Waals surface area contributed by atoms with E-state index in [1.807, 2.05) is 0 Å². The van der Waals surface area contributed by atoms with Gasteiger partial charge in [0.25, 0.3) is 0 Å². The second-order valence-corrected chi connectivity index (χ2v) is 3.18. The number of ether oxygens (including phenoxy) is 1. The molecular weight excluding hydrogens is 205 g/mol. The minimum atomic E-state index is -0.521. The summed E-state index contributed by atoms with van der Waals surface area (Å²) < 4.78 is 18.1. The monoisotopic (exact) mass is 211 g/mol. The molecule has 1 aromatic heterocycles. The first-order valence-corrected chi connectivity index (χ1v) is 4.38. The Hall–Kier alpha value is -1.35. The predicted octanol–water partition coefficient (Wildman–Crippen LogP) is 3.04. The smallest absolute Gasteiger partial charge is 0.160 e. The average molecular weight is 212 g/mol. The van der Waals surface area contributed by atoms with Crippen LogP contribution in [0, 0.1) is 5.82 Å². The Balaban J connectivity index is 2.78. The van der Waals surface area contributed by atoms with Gasteiger partial charge in [-0.1, -0.05) is 11.6 Å². The van der Waals surface area contributed by atoms with Gasteiger partial charge < -0.3 is 4.74 Å². The highest BCUT2D eigenvalue weighted by atomic mass is 35.5. The number of hydrogen-bond donors (Lipinski definition) is 0. The minimum absolute atomic E-state index is 0.0777. The lowest BCUT2D eigenvalue weighted by Crippen LogP contribution is -1.87. The third-order valence-corrected chi connectivity index (χ3v) is 2.35. The van der Waals surface area contributed by atoms with E-state index in [0.717, 1.165) is 6.20 Å². The van der Waals surface area contributed by atoms with E-state index in [1.54, 1.807) is 25.3 Å². The number of nitrogens with zero attached hydrogens (tertiary/aromatic N) is 1. The number of fused-ring (bicyclic) bond motifs is 1. The van der Waals surface area contributed by atoms with Gasteiger partial charge in [0.2, 0.25) is 0 Å². The van der Waals surface area contributed by atoms with Crippen molar-refractivity contribution in [2.45, 2.75) is 0 Å². The Labute approximate surface area is 85.3 Å². The molecule has 2 rings (SSSR count). The molecule has 0 spiro atoms. The molecule has 72 valence electrons. The van der Waals surface area contributed by atoms with Crippen molar-refractivity contribution in [3.63, 3.8) is 0 Å². The molecule has 1 aromatic carbocycles. The van der Waals surface area contributed by atoms with E-state index in [4.69, 9.17) is 16.3 Å². The zero-order valence-corrected chi connectivity index (χ0v) is 8.18. The van der Waals surface area contributed by atoms with E-state index >= 15 is 0 Å². The van der Waals surface area contributed by atoms with Crippen molar-refractivity contribution in [1.82, 2.24) is 4.98 Å². The number of methoxy groups -OCH3 is 1. The van der Waals surface area contributed by atoms with Gasteiger partial charge in [0, 0.05) is 5.39 Å². The number of hydrogen-bond acceptors (Lipinski definition) is 2. The molecular formula is C10H7ClFNO. The van der Waals surface area contributed by atoms with Gasteiger partial charge in [-0.3, -0.25) is 4.98 Å². The van der Waals surface area contributed by atoms with E-state index in [0.29, 0.717) is 16.7 Å². The van der Waals surface area contributed by atoms with Crippen LogP contribution in [0.1, 0.15) is 0 Å². The summed E-state index contributed by atoms with van der Waals surface area (Å²) in [5.74, 6) is 0.110. The molecule has 0 saturated carbocycles. The summed E-state index contributed by atoms with van der Waals surface area (Å²) in [6, 6.07) is 5.15. The fourth-order valence-electron chi connectivity index (χ4n) is 1.24. The first kappa shape index (κ1) is 9.21. The van der Waals surface area contributed by atoms with E-state index in [1.165, 1.54) is 0 Å². The number of halogens is 2. The quantitative estimate of drug-likeness (QED) is 0.723. The summed E-state index contributed by atoms with van der Waals surface area (Å²) in [5, 5.41) is 0.639. The van der Waals surface area contributed by atoms with Crippen molar-refractivity contribution in [3.05, 3.63) is 35.2 Å². The van der Waals surface area contributed by atoms with E-state index < -0.39 is 5.82 Å². The standard InChI is InChI=1S/C10H7ClFNO/c1-14-6-2-3-9-7(4-6)10(11)8(12)5-13-9/h2-5H,1H3. The zero-order valence-electron chi connectivity index (χ0n) is 7.42. The first-order chi connectivity index (χ1) is 6.72. The lowest BCUT2D eigenvalue weighted by molar-refractivity contribution is 0.415. The molecule has 0 aliphatic rings. The number of rotatable bonds is 1. The van der Waals surface area contributed by atoms with Crippen LogP contribution in [-0.2, 0) is 0 Å². The maximum atomic E-state index is 13.0. The van der Waals surface area contributed by atoms with Crippen molar-refractivity contribution >= 4 is 22.5 Å². The Morgan fingerprint density at radius 2 is 2.21 bits per heavy atom. The Kier molecular flexibility index (Phi) is 2.25. The highest BCUT2D eigenvalue weighted by Gasteiger charge is 2.06. The van der Waals surface area contributed by atoms with Crippen molar-refractivity contribution in [3.8, 4) is 5.75 Å². The van der Waals surface area contributed by atoms with E-state index in [9.17, 15) is 4.39 Å². The van der Waals surface area contributed by atoms with Crippen LogP contribution in [0.4, 0.5) is 4.39 Å². The minimum Gasteiger partial charge on any atom is -0.497 e. The summed E-state index contributed by atoms with van der Waals surface area (Å²) in [7, 11) is 1.54. The van der Waals surface area contributed by atoms with Crippen LogP contribution < -0.4 is 4.74 Å². The van der Waals surface area contributed by atoms with Gasteiger partial charge in [-0.05, 0) is 18.2 Å². The molecule has 0 atom stereocenters. The van der Waals surface area contributed by atoms with Crippen molar-refractivity contribution in [1.29, 1.82) is 0 Å². The van der Waals surface area contributed by atoms with Gasteiger partial charge in [-0.2, -0.15) is 0 Å². The fourth-order valence-corrected chi connectivity index (χ4v) is 1.44. The average Bonchev–Trinajstić information content (AvgIpc) is 2.23. The molecule has 0 radical (unpaired) electrons. The molecule has 0 N–H and O–H groups in total. The largest absolute Gasteiger partial charge is 0.497 e. The summed E-state index contributed by atoms with van der Waals surface area (Å²) in [6.45, 7) is 0. The fraction of sp³-hybridized carbons (Fsp3) is 0.100. The molecule has 0 fully saturated rings. The van der Waals surface area contributed by atoms with E-state index in [2.05, 4.69) is 4.98 Å². The molecule has 14 heavy (non-hydrogen) atoms. The topological polar surface area (TPSA) is 22.1 Å². The SMILES string of the molecule is COc1ccc2ncc(F)c(Cl)c2c1. The Morgan fingerprint density at radius 1 is 1.43 bits per heavy atom. The molecule has 2 nitrogen and oxygen atoms in total. The second-order valence-electron chi connectivity index (χ2n) is 2.80. The molecule has 0 unspecified atom stereocenters. The molecule has 0 bridgehead atoms. The summed E-state index contributed by atoms with van der Waals surface area (Å²) in [4.78, 5) is 3.90. The molecule has 2 aromatic rings. The van der Waals surface area contributed by atoms with Crippen LogP contribution in [0.2, 0.25) is 5.02 Å². The van der Waals surface area contributed by atoms with Crippen molar-refractivity contribution < 1.29 is 9.13 Å². The van der Waals surface area contributed by atoms with Crippen molar-refractivity contribution in [2.75, 3.05) is 7.11 Å². The van der Waals surface area contributed by atoms with Gasteiger partial charge in [0.05, 0.1) is 23.8 Å². The molecule has 1 heterocycles. The second kappa shape index (κ2) is 3.42. The van der Waals surface area contributed by atoms with Crippen LogP contribution in [0.5, 0.6) is 5.75 Å². The van der Waals surface area contributed by atoms with Gasteiger partial charge >= 0.3 is 0 Å². The van der Waals surface area contributed by atoms with Gasteiger partial charge in [-0.25, -0.2) is 4.39 Å². The number of pyridine rings is 1. The maximum absolute atomic E-state index is 13.0. The lowest BCUT2D eigenvalue weighted by Gasteiger charge is -2.03. The Bertz CT molecular complexity index is 487. The third-order valence-electron chi connectivity index (χ3n) is 1.97. The molecule has 0 aliphatic heterocycles. The highest BCUT2D eigenvalue weighted by Crippen LogP contribution is 2.27. The first-order valence-electron chi connectivity index (χ1n) is 4.00. The zero-order chi connectivity index (χ0) is 10.1. The van der Waals surface area contributed by atoms with Crippen LogP contribution in [0.3, 0.4) is 0 Å². The third kappa shape index (κ3) is 1.40. The van der Waals surface area contributed by atoms with Crippen LogP contribution in [0.15, 0.2) is 24.4 Å². The van der Waals surface area contributed by atoms with Gasteiger partial charge in [0.1, 0.15) is 5.75 Å². The highest BCUT2D eigenvalue weighted by molar-refractivity contribution is 6.35. The molecule has 0 amide bonds. The predicted molar refractivity (Wildman–Crippen MR) is 53.3 cm³/mol. The van der Waals surface area contributed by atoms with E-state index in [-0.39, 0.29) is 5.02 Å². The maximum Gasteiger partial charge on any atom is 0.160 e. The van der Waals surface area contributed by atoms with Gasteiger partial charge in [-0.15, -0.1) is 0 Å². The van der Waals surface area contributed by atoms with Crippen molar-refractivity contribution in [2.24, 2.45) is 0 Å². The van der Waals surface area contributed by atoms with Crippen LogP contribution in [-0.4, -0.2) is 12.1 Å². The van der Waals surface area contributed by atoms with Gasteiger partial charge in [0.15, 0.2) is 5.82 Å². The molecule has 0 saturated heterocycles. The summed E-state index contributed by atoms with van der Waals surface area (Å²) in [6.07, 6.45) is 1.11. The summed E-state index contributed by atoms with van der Waals surface area (Å²) in [5.41, 5.74) is 0.650. The van der Waals surface area contributed by atoms with Crippen LogP contribution >= 0.6 is 11.6 Å². The normalized spacial score (nSPS) is 10.5. The molecule has 4 heteroatoms. The summed E-state index contributed by atoms with van der Waals surface area (Å²) >= 11 is 5.78. The molecule has 0 aliphatic carbocycles. The number of aromatic nitrogens is 1.